The number of halogens is 1. The van der Waals surface area contributed by atoms with Gasteiger partial charge in [-0.3, -0.25) is 14.8 Å². The minimum absolute atomic E-state index is 0.423. The average molecular weight is 324 g/mol. The van der Waals surface area contributed by atoms with E-state index in [2.05, 4.69) is 25.9 Å². The second kappa shape index (κ2) is 5.52. The Bertz CT molecular complexity index is 618. The molecule has 100 valence electrons. The Hall–Kier alpha value is -1.69. The van der Waals surface area contributed by atoms with Crippen LogP contribution in [0.5, 0.6) is 0 Å². The molecule has 0 saturated carbocycles. The van der Waals surface area contributed by atoms with Crippen LogP contribution in [0.3, 0.4) is 0 Å². The lowest BCUT2D eigenvalue weighted by Crippen LogP contribution is -2.28. The molecular formula is C13H14BrN3O2. The van der Waals surface area contributed by atoms with Gasteiger partial charge < -0.3 is 10.0 Å². The first-order valence-corrected chi connectivity index (χ1v) is 6.62. The fourth-order valence-corrected chi connectivity index (χ4v) is 2.21. The van der Waals surface area contributed by atoms with Crippen molar-refractivity contribution in [3.8, 4) is 0 Å². The summed E-state index contributed by atoms with van der Waals surface area (Å²) in [5.74, 6) is -1.25. The van der Waals surface area contributed by atoms with Gasteiger partial charge >= 0.3 is 5.97 Å². The van der Waals surface area contributed by atoms with Crippen LogP contribution in [-0.4, -0.2) is 34.6 Å². The molecule has 1 unspecified atom stereocenters. The van der Waals surface area contributed by atoms with Crippen molar-refractivity contribution in [2.24, 2.45) is 5.92 Å². The van der Waals surface area contributed by atoms with Crippen LogP contribution in [0.15, 0.2) is 29.0 Å². The number of carbonyl (C=O) groups is 1. The highest BCUT2D eigenvalue weighted by molar-refractivity contribution is 9.10. The minimum Gasteiger partial charge on any atom is -0.481 e. The summed E-state index contributed by atoms with van der Waals surface area (Å²) in [5.41, 5.74) is 2.43. The molecule has 0 saturated heterocycles. The largest absolute Gasteiger partial charge is 0.481 e. The molecule has 0 bridgehead atoms. The number of fused-ring (bicyclic) bond motifs is 1. The highest BCUT2D eigenvalue weighted by atomic mass is 79.9. The maximum Gasteiger partial charge on any atom is 0.308 e. The van der Waals surface area contributed by atoms with E-state index >= 15 is 0 Å². The van der Waals surface area contributed by atoms with Crippen LogP contribution in [0.2, 0.25) is 0 Å². The van der Waals surface area contributed by atoms with Crippen molar-refractivity contribution in [2.45, 2.75) is 6.92 Å². The van der Waals surface area contributed by atoms with Crippen LogP contribution in [0.4, 0.5) is 5.69 Å². The molecule has 2 aromatic rings. The zero-order valence-electron chi connectivity index (χ0n) is 10.7. The van der Waals surface area contributed by atoms with Gasteiger partial charge in [-0.25, -0.2) is 0 Å². The number of hydrogen-bond acceptors (Lipinski definition) is 4. The van der Waals surface area contributed by atoms with Gasteiger partial charge in [0.1, 0.15) is 5.52 Å². The molecule has 0 aliphatic rings. The Kier molecular flexibility index (Phi) is 3.99. The van der Waals surface area contributed by atoms with E-state index in [4.69, 9.17) is 5.11 Å². The van der Waals surface area contributed by atoms with E-state index in [9.17, 15) is 4.79 Å². The first-order chi connectivity index (χ1) is 8.99. The van der Waals surface area contributed by atoms with Crippen molar-refractivity contribution < 1.29 is 9.90 Å². The van der Waals surface area contributed by atoms with Gasteiger partial charge in [-0.15, -0.1) is 0 Å². The smallest absolute Gasteiger partial charge is 0.308 e. The molecule has 6 heteroatoms. The summed E-state index contributed by atoms with van der Waals surface area (Å²) < 4.78 is 0.867. The summed E-state index contributed by atoms with van der Waals surface area (Å²) in [6, 6.07) is 3.73. The first-order valence-electron chi connectivity index (χ1n) is 5.83. The van der Waals surface area contributed by atoms with Crippen molar-refractivity contribution in [2.75, 3.05) is 18.5 Å². The first kappa shape index (κ1) is 13.7. The van der Waals surface area contributed by atoms with E-state index in [-0.39, 0.29) is 0 Å². The molecule has 5 nitrogen and oxygen atoms in total. The number of anilines is 1. The lowest BCUT2D eigenvalue weighted by atomic mass is 10.1. The Balaban J connectivity index is 2.36. The van der Waals surface area contributed by atoms with Crippen molar-refractivity contribution >= 4 is 38.6 Å². The van der Waals surface area contributed by atoms with Crippen LogP contribution < -0.4 is 4.90 Å². The SMILES string of the molecule is CC(CN(C)c1ccnc2cc(Br)cnc12)C(=O)O. The van der Waals surface area contributed by atoms with Crippen LogP contribution >= 0.6 is 15.9 Å². The molecular weight excluding hydrogens is 310 g/mol. The molecule has 0 spiro atoms. The number of aliphatic carboxylic acids is 1. The molecule has 0 aromatic carbocycles. The van der Waals surface area contributed by atoms with Gasteiger partial charge in [-0.2, -0.15) is 0 Å². The van der Waals surface area contributed by atoms with Crippen molar-refractivity contribution in [3.63, 3.8) is 0 Å². The fraction of sp³-hybridized carbons (Fsp3) is 0.308. The van der Waals surface area contributed by atoms with Crippen molar-refractivity contribution in [1.82, 2.24) is 9.97 Å². The van der Waals surface area contributed by atoms with Crippen LogP contribution in [0.1, 0.15) is 6.92 Å². The zero-order chi connectivity index (χ0) is 14.0. The monoisotopic (exact) mass is 323 g/mol. The van der Waals surface area contributed by atoms with Crippen LogP contribution in [0, 0.1) is 5.92 Å². The average Bonchev–Trinajstić information content (AvgIpc) is 2.37. The third-order valence-corrected chi connectivity index (χ3v) is 3.34. The molecule has 1 N–H and O–H groups in total. The van der Waals surface area contributed by atoms with Gasteiger partial charge in [0.2, 0.25) is 0 Å². The molecule has 0 aliphatic heterocycles. The number of rotatable bonds is 4. The number of nitrogens with zero attached hydrogens (tertiary/aromatic N) is 3. The maximum absolute atomic E-state index is 10.9. The van der Waals surface area contributed by atoms with E-state index in [1.54, 1.807) is 19.3 Å². The topological polar surface area (TPSA) is 66.3 Å². The summed E-state index contributed by atoms with van der Waals surface area (Å²) in [6.45, 7) is 2.11. The summed E-state index contributed by atoms with van der Waals surface area (Å²) >= 11 is 3.36. The van der Waals surface area contributed by atoms with Crippen molar-refractivity contribution in [3.05, 3.63) is 29.0 Å². The molecule has 0 fully saturated rings. The summed E-state index contributed by atoms with van der Waals surface area (Å²) in [6.07, 6.45) is 3.41. The Labute approximate surface area is 119 Å². The van der Waals surface area contributed by atoms with Gasteiger partial charge in [0.05, 0.1) is 17.1 Å². The van der Waals surface area contributed by atoms with E-state index in [0.717, 1.165) is 21.2 Å². The van der Waals surface area contributed by atoms with Gasteiger partial charge in [0.15, 0.2) is 0 Å². The van der Waals surface area contributed by atoms with Crippen molar-refractivity contribution in [1.29, 1.82) is 0 Å². The van der Waals surface area contributed by atoms with E-state index in [1.807, 2.05) is 24.1 Å². The number of aromatic nitrogens is 2. The number of pyridine rings is 2. The Morgan fingerprint density at radius 2 is 2.26 bits per heavy atom. The third kappa shape index (κ3) is 3.01. The lowest BCUT2D eigenvalue weighted by Gasteiger charge is -2.22. The lowest BCUT2D eigenvalue weighted by molar-refractivity contribution is -0.140. The van der Waals surface area contributed by atoms with Crippen LogP contribution in [-0.2, 0) is 4.79 Å². The zero-order valence-corrected chi connectivity index (χ0v) is 12.3. The molecule has 0 amide bonds. The number of carboxylic acids is 1. The molecule has 1 atom stereocenters. The maximum atomic E-state index is 10.9. The minimum atomic E-state index is -0.805. The second-order valence-electron chi connectivity index (χ2n) is 4.47. The molecule has 0 radical (unpaired) electrons. The van der Waals surface area contributed by atoms with Gasteiger partial charge in [0, 0.05) is 30.5 Å². The summed E-state index contributed by atoms with van der Waals surface area (Å²) in [4.78, 5) is 21.4. The van der Waals surface area contributed by atoms with E-state index < -0.39 is 11.9 Å². The summed E-state index contributed by atoms with van der Waals surface area (Å²) in [5, 5.41) is 8.97. The normalized spacial score (nSPS) is 12.4. The number of hydrogen-bond donors (Lipinski definition) is 1. The highest BCUT2D eigenvalue weighted by Crippen LogP contribution is 2.25. The molecule has 19 heavy (non-hydrogen) atoms. The van der Waals surface area contributed by atoms with Gasteiger partial charge in [0.25, 0.3) is 0 Å². The molecule has 2 rings (SSSR count). The molecule has 0 aliphatic carbocycles. The molecule has 2 aromatic heterocycles. The standard InChI is InChI=1S/C13H14BrN3O2/c1-8(13(18)19)7-17(2)11-3-4-15-10-5-9(14)6-16-12(10)11/h3-6,8H,7H2,1-2H3,(H,18,19). The quantitative estimate of drug-likeness (QED) is 0.936. The summed E-state index contributed by atoms with van der Waals surface area (Å²) in [7, 11) is 1.86. The number of carboxylic acid groups (broad SMARTS) is 1. The molecule has 2 heterocycles. The van der Waals surface area contributed by atoms with Gasteiger partial charge in [-0.05, 0) is 28.1 Å². The Morgan fingerprint density at radius 1 is 1.53 bits per heavy atom. The van der Waals surface area contributed by atoms with Gasteiger partial charge in [-0.1, -0.05) is 6.92 Å². The van der Waals surface area contributed by atoms with E-state index in [0.29, 0.717) is 6.54 Å². The fourth-order valence-electron chi connectivity index (χ4n) is 1.89. The van der Waals surface area contributed by atoms with Crippen LogP contribution in [0.25, 0.3) is 11.0 Å². The second-order valence-corrected chi connectivity index (χ2v) is 5.39. The van der Waals surface area contributed by atoms with E-state index in [1.165, 1.54) is 0 Å². The predicted molar refractivity (Wildman–Crippen MR) is 77.3 cm³/mol. The third-order valence-electron chi connectivity index (χ3n) is 2.90. The predicted octanol–water partition coefficient (Wildman–Crippen LogP) is 2.55. The highest BCUT2D eigenvalue weighted by Gasteiger charge is 2.16. The Morgan fingerprint density at radius 3 is 2.95 bits per heavy atom.